The summed E-state index contributed by atoms with van der Waals surface area (Å²) < 4.78 is 5.62. The van der Waals surface area contributed by atoms with Gasteiger partial charge in [-0.15, -0.1) is 5.10 Å². The van der Waals surface area contributed by atoms with E-state index in [2.05, 4.69) is 67.6 Å². The second kappa shape index (κ2) is 6.26. The summed E-state index contributed by atoms with van der Waals surface area (Å²) in [6, 6.07) is 8.85. The van der Waals surface area contributed by atoms with E-state index in [-0.39, 0.29) is 11.6 Å². The van der Waals surface area contributed by atoms with E-state index in [1.165, 1.54) is 11.1 Å². The Morgan fingerprint density at radius 3 is 2.57 bits per heavy atom. The summed E-state index contributed by atoms with van der Waals surface area (Å²) in [5, 5.41) is 14.7. The number of benzene rings is 1. The summed E-state index contributed by atoms with van der Waals surface area (Å²) in [7, 11) is 0. The first-order chi connectivity index (χ1) is 9.85. The minimum Gasteiger partial charge on any atom is -0.407 e. The molecule has 0 bridgehead atoms. The molecule has 0 amide bonds. The first kappa shape index (κ1) is 15.5. The van der Waals surface area contributed by atoms with Crippen molar-refractivity contribution in [1.82, 2.24) is 15.5 Å². The molecule has 1 aromatic carbocycles. The predicted molar refractivity (Wildman–Crippen MR) is 84.1 cm³/mol. The van der Waals surface area contributed by atoms with E-state index in [1.54, 1.807) is 0 Å². The molecule has 0 aliphatic rings. The van der Waals surface area contributed by atoms with Gasteiger partial charge in [0.25, 0.3) is 0 Å². The fourth-order valence-electron chi connectivity index (χ4n) is 2.06. The highest BCUT2D eigenvalue weighted by molar-refractivity contribution is 5.33. The van der Waals surface area contributed by atoms with Crippen LogP contribution in [-0.4, -0.2) is 15.7 Å². The molecule has 0 fully saturated rings. The molecule has 5 heteroatoms. The molecule has 5 nitrogen and oxygen atoms in total. The van der Waals surface area contributed by atoms with Gasteiger partial charge in [-0.1, -0.05) is 29.4 Å². The quantitative estimate of drug-likeness (QED) is 0.882. The average Bonchev–Trinajstić information content (AvgIpc) is 2.83. The maximum atomic E-state index is 5.62. The lowest BCUT2D eigenvalue weighted by Gasteiger charge is -2.18. The Bertz CT molecular complexity index is 586. The molecule has 1 heterocycles. The van der Waals surface area contributed by atoms with Crippen molar-refractivity contribution in [2.24, 2.45) is 0 Å². The molecule has 0 spiro atoms. The third-order valence-electron chi connectivity index (χ3n) is 3.23. The maximum absolute atomic E-state index is 5.62. The smallest absolute Gasteiger partial charge is 0.315 e. The molecule has 0 saturated carbocycles. The lowest BCUT2D eigenvalue weighted by molar-refractivity contribution is 0.383. The molecule has 1 atom stereocenters. The largest absolute Gasteiger partial charge is 0.407 e. The number of hydrogen-bond acceptors (Lipinski definition) is 5. The van der Waals surface area contributed by atoms with Gasteiger partial charge in [-0.05, 0) is 45.7 Å². The van der Waals surface area contributed by atoms with Crippen molar-refractivity contribution in [2.75, 3.05) is 5.32 Å². The van der Waals surface area contributed by atoms with E-state index in [9.17, 15) is 0 Å². The predicted octanol–water partition coefficient (Wildman–Crippen LogP) is 3.44. The van der Waals surface area contributed by atoms with Crippen LogP contribution in [0.5, 0.6) is 0 Å². The fraction of sp³-hybridized carbons (Fsp3) is 0.500. The van der Waals surface area contributed by atoms with Crippen LogP contribution in [0.2, 0.25) is 0 Å². The number of rotatable bonds is 5. The monoisotopic (exact) mass is 288 g/mol. The highest BCUT2D eigenvalue weighted by atomic mass is 16.4. The zero-order valence-electron chi connectivity index (χ0n) is 13.4. The number of anilines is 1. The summed E-state index contributed by atoms with van der Waals surface area (Å²) >= 11 is 0. The van der Waals surface area contributed by atoms with Gasteiger partial charge in [0.15, 0.2) is 0 Å². The van der Waals surface area contributed by atoms with Crippen LogP contribution in [0.4, 0.5) is 6.01 Å². The topological polar surface area (TPSA) is 63.0 Å². The molecule has 0 aliphatic carbocycles. The van der Waals surface area contributed by atoms with Crippen molar-refractivity contribution < 1.29 is 4.42 Å². The van der Waals surface area contributed by atoms with E-state index in [0.29, 0.717) is 18.5 Å². The Kier molecular flexibility index (Phi) is 4.63. The minimum absolute atomic E-state index is 0.0243. The molecule has 1 aromatic heterocycles. The second-order valence-electron chi connectivity index (χ2n) is 6.33. The molecule has 2 rings (SSSR count). The standard InChI is InChI=1S/C16H24N4O/c1-11-8-6-7-9-13(11)12(2)18-15-20-19-14(21-15)10-17-16(3,4)5/h6-9,12,17H,10H2,1-5H3,(H,18,20). The lowest BCUT2D eigenvalue weighted by Crippen LogP contribution is -2.35. The van der Waals surface area contributed by atoms with Gasteiger partial charge in [-0.3, -0.25) is 0 Å². The molecular formula is C16H24N4O. The van der Waals surface area contributed by atoms with E-state index in [4.69, 9.17) is 4.42 Å². The van der Waals surface area contributed by atoms with Gasteiger partial charge in [-0.25, -0.2) is 0 Å². The van der Waals surface area contributed by atoms with E-state index < -0.39 is 0 Å². The number of nitrogens with zero attached hydrogens (tertiary/aromatic N) is 2. The van der Waals surface area contributed by atoms with E-state index in [0.717, 1.165) is 0 Å². The van der Waals surface area contributed by atoms with Crippen LogP contribution in [0.3, 0.4) is 0 Å². The third-order valence-corrected chi connectivity index (χ3v) is 3.23. The molecule has 21 heavy (non-hydrogen) atoms. The fourth-order valence-corrected chi connectivity index (χ4v) is 2.06. The van der Waals surface area contributed by atoms with Gasteiger partial charge in [0.1, 0.15) is 0 Å². The van der Waals surface area contributed by atoms with Crippen molar-refractivity contribution in [3.63, 3.8) is 0 Å². The minimum atomic E-state index is 0.0243. The first-order valence-electron chi connectivity index (χ1n) is 7.24. The zero-order chi connectivity index (χ0) is 15.5. The number of aromatic nitrogens is 2. The summed E-state index contributed by atoms with van der Waals surface area (Å²) in [5.74, 6) is 0.587. The van der Waals surface area contributed by atoms with Gasteiger partial charge < -0.3 is 15.1 Å². The molecule has 0 saturated heterocycles. The highest BCUT2D eigenvalue weighted by Gasteiger charge is 2.14. The van der Waals surface area contributed by atoms with Crippen LogP contribution in [0.1, 0.15) is 50.8 Å². The zero-order valence-corrected chi connectivity index (χ0v) is 13.4. The van der Waals surface area contributed by atoms with Crippen molar-refractivity contribution in [3.8, 4) is 0 Å². The van der Waals surface area contributed by atoms with Crippen molar-refractivity contribution >= 4 is 6.01 Å². The van der Waals surface area contributed by atoms with Crippen molar-refractivity contribution in [3.05, 3.63) is 41.3 Å². The van der Waals surface area contributed by atoms with Crippen LogP contribution in [0.15, 0.2) is 28.7 Å². The lowest BCUT2D eigenvalue weighted by atomic mass is 10.0. The van der Waals surface area contributed by atoms with Crippen molar-refractivity contribution in [2.45, 2.75) is 52.7 Å². The van der Waals surface area contributed by atoms with Crippen LogP contribution in [-0.2, 0) is 6.54 Å². The van der Waals surface area contributed by atoms with E-state index >= 15 is 0 Å². The van der Waals surface area contributed by atoms with Gasteiger partial charge >= 0.3 is 6.01 Å². The van der Waals surface area contributed by atoms with Crippen molar-refractivity contribution in [1.29, 1.82) is 0 Å². The summed E-state index contributed by atoms with van der Waals surface area (Å²) in [6.07, 6.45) is 0. The van der Waals surface area contributed by atoms with Gasteiger partial charge in [0.2, 0.25) is 5.89 Å². The van der Waals surface area contributed by atoms with Gasteiger partial charge in [0, 0.05) is 5.54 Å². The SMILES string of the molecule is Cc1ccccc1C(C)Nc1nnc(CNC(C)(C)C)o1. The molecule has 0 radical (unpaired) electrons. The summed E-state index contributed by atoms with van der Waals surface area (Å²) in [6.45, 7) is 11.0. The Hall–Kier alpha value is -1.88. The average molecular weight is 288 g/mol. The van der Waals surface area contributed by atoms with Crippen LogP contribution in [0, 0.1) is 6.92 Å². The maximum Gasteiger partial charge on any atom is 0.315 e. The molecule has 0 aliphatic heterocycles. The molecular weight excluding hydrogens is 264 g/mol. The normalized spacial score (nSPS) is 13.2. The Balaban J connectivity index is 1.98. The van der Waals surface area contributed by atoms with Gasteiger partial charge in [0.05, 0.1) is 12.6 Å². The number of hydrogen-bond donors (Lipinski definition) is 2. The summed E-state index contributed by atoms with van der Waals surface area (Å²) in [4.78, 5) is 0. The van der Waals surface area contributed by atoms with Gasteiger partial charge in [-0.2, -0.15) is 0 Å². The molecule has 2 aromatic rings. The Morgan fingerprint density at radius 1 is 1.19 bits per heavy atom. The number of nitrogens with one attached hydrogen (secondary N) is 2. The molecule has 114 valence electrons. The van der Waals surface area contributed by atoms with Crippen LogP contribution >= 0.6 is 0 Å². The third kappa shape index (κ3) is 4.56. The first-order valence-corrected chi connectivity index (χ1v) is 7.24. The highest BCUT2D eigenvalue weighted by Crippen LogP contribution is 2.21. The van der Waals surface area contributed by atoms with E-state index in [1.807, 2.05) is 12.1 Å². The molecule has 2 N–H and O–H groups in total. The molecule has 1 unspecified atom stereocenters. The van der Waals surface area contributed by atoms with Crippen LogP contribution in [0.25, 0.3) is 0 Å². The number of aryl methyl sites for hydroxylation is 1. The van der Waals surface area contributed by atoms with Crippen LogP contribution < -0.4 is 10.6 Å². The summed E-state index contributed by atoms with van der Waals surface area (Å²) in [5.41, 5.74) is 2.49. The Labute approximate surface area is 126 Å². The second-order valence-corrected chi connectivity index (χ2v) is 6.33. The Morgan fingerprint density at radius 2 is 1.90 bits per heavy atom.